The van der Waals surface area contributed by atoms with Gasteiger partial charge in [-0.3, -0.25) is 4.79 Å². The van der Waals surface area contributed by atoms with Crippen molar-refractivity contribution in [3.05, 3.63) is 70.6 Å². The van der Waals surface area contributed by atoms with E-state index >= 15 is 0 Å². The third-order valence-corrected chi connectivity index (χ3v) is 5.52. The van der Waals surface area contributed by atoms with E-state index in [1.807, 2.05) is 42.6 Å². The Labute approximate surface area is 187 Å². The number of nitrogens with one attached hydrogen (secondary N) is 1. The predicted octanol–water partition coefficient (Wildman–Crippen LogP) is 3.81. The van der Waals surface area contributed by atoms with E-state index in [4.69, 9.17) is 16.3 Å². The van der Waals surface area contributed by atoms with Gasteiger partial charge in [0.2, 0.25) is 0 Å². The fourth-order valence-corrected chi connectivity index (χ4v) is 3.78. The molecule has 3 aromatic rings. The largest absolute Gasteiger partial charge is 0.378 e. The van der Waals surface area contributed by atoms with E-state index in [1.54, 1.807) is 10.9 Å². The van der Waals surface area contributed by atoms with Crippen LogP contribution < -0.4 is 10.2 Å². The maximum Gasteiger partial charge on any atom is 0.255 e. The third kappa shape index (κ3) is 4.89. The van der Waals surface area contributed by atoms with Crippen LogP contribution in [0.1, 0.15) is 41.4 Å². The third-order valence-electron chi connectivity index (χ3n) is 5.27. The number of anilines is 1. The lowest BCUT2D eigenvalue weighted by Gasteiger charge is -2.27. The number of carbonyl (C=O) groups excluding carboxylic acids is 1. The Hall–Kier alpha value is -2.90. The van der Waals surface area contributed by atoms with Gasteiger partial charge in [-0.05, 0) is 41.8 Å². The van der Waals surface area contributed by atoms with E-state index in [0.717, 1.165) is 49.1 Å². The number of rotatable bonds is 6. The van der Waals surface area contributed by atoms with Crippen LogP contribution in [0, 0.1) is 0 Å². The lowest BCUT2D eigenvalue weighted by atomic mass is 10.0. The summed E-state index contributed by atoms with van der Waals surface area (Å²) in [5, 5.41) is 8.12. The minimum Gasteiger partial charge on any atom is -0.378 e. The summed E-state index contributed by atoms with van der Waals surface area (Å²) in [6, 6.07) is 11.4. The van der Waals surface area contributed by atoms with Crippen LogP contribution in [0.25, 0.3) is 5.69 Å². The van der Waals surface area contributed by atoms with Gasteiger partial charge in [-0.2, -0.15) is 5.10 Å². The number of carbonyl (C=O) groups is 1. The van der Waals surface area contributed by atoms with Crippen molar-refractivity contribution in [1.29, 1.82) is 0 Å². The van der Waals surface area contributed by atoms with Crippen molar-refractivity contribution >= 4 is 23.3 Å². The quantitative estimate of drug-likeness (QED) is 0.632. The number of nitrogens with zero attached hydrogens (tertiary/aromatic N) is 4. The van der Waals surface area contributed by atoms with Gasteiger partial charge >= 0.3 is 0 Å². The van der Waals surface area contributed by atoms with Crippen LogP contribution in [0.2, 0.25) is 5.02 Å². The van der Waals surface area contributed by atoms with Gasteiger partial charge in [0.15, 0.2) is 0 Å². The number of pyridine rings is 1. The first-order valence-corrected chi connectivity index (χ1v) is 10.8. The SMILES string of the molecule is CC(C)c1c(C(=O)NCc2ccc(N3CCOCC3)nc2)cnn1-c1ccc(Cl)cc1. The summed E-state index contributed by atoms with van der Waals surface area (Å²) in [6.45, 7) is 7.64. The zero-order chi connectivity index (χ0) is 21.8. The second-order valence-corrected chi connectivity index (χ2v) is 8.23. The van der Waals surface area contributed by atoms with E-state index in [0.29, 0.717) is 17.1 Å². The van der Waals surface area contributed by atoms with Gasteiger partial charge in [0.25, 0.3) is 5.91 Å². The molecule has 0 unspecified atom stereocenters. The van der Waals surface area contributed by atoms with Crippen molar-refractivity contribution in [2.75, 3.05) is 31.2 Å². The van der Waals surface area contributed by atoms with Gasteiger partial charge in [0, 0.05) is 30.9 Å². The van der Waals surface area contributed by atoms with Crippen LogP contribution in [0.4, 0.5) is 5.82 Å². The molecule has 31 heavy (non-hydrogen) atoms. The molecule has 2 aromatic heterocycles. The average molecular weight is 440 g/mol. The maximum atomic E-state index is 12.9. The predicted molar refractivity (Wildman–Crippen MR) is 121 cm³/mol. The monoisotopic (exact) mass is 439 g/mol. The van der Waals surface area contributed by atoms with Gasteiger partial charge < -0.3 is 15.0 Å². The fraction of sp³-hybridized carbons (Fsp3) is 0.348. The highest BCUT2D eigenvalue weighted by Crippen LogP contribution is 2.24. The normalized spacial score (nSPS) is 14.1. The highest BCUT2D eigenvalue weighted by atomic mass is 35.5. The molecule has 162 valence electrons. The summed E-state index contributed by atoms with van der Waals surface area (Å²) in [7, 11) is 0. The van der Waals surface area contributed by atoms with Gasteiger partial charge in [-0.1, -0.05) is 31.5 Å². The molecule has 0 spiro atoms. The summed E-state index contributed by atoms with van der Waals surface area (Å²) in [5.41, 5.74) is 3.25. The van der Waals surface area contributed by atoms with Crippen molar-refractivity contribution in [2.24, 2.45) is 0 Å². The van der Waals surface area contributed by atoms with Crippen LogP contribution in [-0.4, -0.2) is 47.0 Å². The number of morpholine rings is 1. The van der Waals surface area contributed by atoms with Crippen molar-refractivity contribution in [1.82, 2.24) is 20.1 Å². The minimum atomic E-state index is -0.152. The van der Waals surface area contributed by atoms with E-state index in [2.05, 4.69) is 34.1 Å². The number of aromatic nitrogens is 3. The molecule has 1 aromatic carbocycles. The first-order chi connectivity index (χ1) is 15.0. The molecule has 3 heterocycles. The molecular formula is C23H26ClN5O2. The standard InChI is InChI=1S/C23H26ClN5O2/c1-16(2)22-20(15-27-29(22)19-6-4-18(24)5-7-19)23(30)26-14-17-3-8-21(25-13-17)28-9-11-31-12-10-28/h3-8,13,15-16H,9-12,14H2,1-2H3,(H,26,30). The molecule has 7 nitrogen and oxygen atoms in total. The molecule has 1 aliphatic rings. The summed E-state index contributed by atoms with van der Waals surface area (Å²) in [5.74, 6) is 0.902. The number of ether oxygens (including phenoxy) is 1. The molecule has 0 saturated carbocycles. The highest BCUT2D eigenvalue weighted by Gasteiger charge is 2.21. The van der Waals surface area contributed by atoms with Crippen molar-refractivity contribution in [2.45, 2.75) is 26.3 Å². The molecule has 1 N–H and O–H groups in total. The summed E-state index contributed by atoms with van der Waals surface area (Å²) in [6.07, 6.45) is 3.44. The molecule has 1 saturated heterocycles. The molecule has 0 atom stereocenters. The molecule has 8 heteroatoms. The molecule has 0 bridgehead atoms. The zero-order valence-corrected chi connectivity index (χ0v) is 18.5. The lowest BCUT2D eigenvalue weighted by molar-refractivity contribution is 0.0949. The summed E-state index contributed by atoms with van der Waals surface area (Å²) >= 11 is 6.00. The van der Waals surface area contributed by atoms with E-state index in [-0.39, 0.29) is 11.8 Å². The first-order valence-electron chi connectivity index (χ1n) is 10.4. The Balaban J connectivity index is 1.45. The van der Waals surface area contributed by atoms with Crippen LogP contribution in [0.15, 0.2) is 48.8 Å². The number of amides is 1. The summed E-state index contributed by atoms with van der Waals surface area (Å²) in [4.78, 5) is 19.7. The van der Waals surface area contributed by atoms with Gasteiger partial charge in [0.1, 0.15) is 5.82 Å². The average Bonchev–Trinajstić information content (AvgIpc) is 3.25. The van der Waals surface area contributed by atoms with E-state index in [1.165, 1.54) is 0 Å². The lowest BCUT2D eigenvalue weighted by Crippen LogP contribution is -2.36. The van der Waals surface area contributed by atoms with Crippen LogP contribution >= 0.6 is 11.6 Å². The Morgan fingerprint density at radius 3 is 2.52 bits per heavy atom. The number of halogens is 1. The highest BCUT2D eigenvalue weighted by molar-refractivity contribution is 6.30. The van der Waals surface area contributed by atoms with Gasteiger partial charge in [-0.15, -0.1) is 0 Å². The summed E-state index contributed by atoms with van der Waals surface area (Å²) < 4.78 is 7.18. The number of benzene rings is 1. The molecular weight excluding hydrogens is 414 g/mol. The topological polar surface area (TPSA) is 72.3 Å². The van der Waals surface area contributed by atoms with Crippen molar-refractivity contribution < 1.29 is 9.53 Å². The molecule has 4 rings (SSSR count). The number of hydrogen-bond acceptors (Lipinski definition) is 5. The first kappa shape index (κ1) is 21.3. The van der Waals surface area contributed by atoms with Gasteiger partial charge in [-0.25, -0.2) is 9.67 Å². The van der Waals surface area contributed by atoms with E-state index < -0.39 is 0 Å². The van der Waals surface area contributed by atoms with Crippen LogP contribution in [0.5, 0.6) is 0 Å². The molecule has 1 amide bonds. The Morgan fingerprint density at radius 1 is 1.13 bits per heavy atom. The van der Waals surface area contributed by atoms with Crippen LogP contribution in [0.3, 0.4) is 0 Å². The van der Waals surface area contributed by atoms with Gasteiger partial charge in [0.05, 0.1) is 36.4 Å². The second-order valence-electron chi connectivity index (χ2n) is 7.79. The van der Waals surface area contributed by atoms with Crippen molar-refractivity contribution in [3.63, 3.8) is 0 Å². The fourth-order valence-electron chi connectivity index (χ4n) is 3.65. The Morgan fingerprint density at radius 2 is 1.87 bits per heavy atom. The molecule has 1 fully saturated rings. The Bertz CT molecular complexity index is 1030. The smallest absolute Gasteiger partial charge is 0.255 e. The minimum absolute atomic E-state index is 0.119. The van der Waals surface area contributed by atoms with Crippen molar-refractivity contribution in [3.8, 4) is 5.69 Å². The maximum absolute atomic E-state index is 12.9. The second kappa shape index (κ2) is 9.49. The Kier molecular flexibility index (Phi) is 6.53. The zero-order valence-electron chi connectivity index (χ0n) is 17.7. The molecule has 0 aliphatic carbocycles. The molecule has 1 aliphatic heterocycles. The molecule has 0 radical (unpaired) electrons. The number of hydrogen-bond donors (Lipinski definition) is 1. The van der Waals surface area contributed by atoms with Crippen LogP contribution in [-0.2, 0) is 11.3 Å². The van der Waals surface area contributed by atoms with E-state index in [9.17, 15) is 4.79 Å².